The Kier molecular flexibility index (Phi) is 2.66. The van der Waals surface area contributed by atoms with Gasteiger partial charge in [-0.15, -0.1) is 0 Å². The van der Waals surface area contributed by atoms with Crippen molar-refractivity contribution in [1.29, 1.82) is 0 Å². The molecule has 2 fully saturated rings. The van der Waals surface area contributed by atoms with E-state index in [1.54, 1.807) is 12.1 Å². The van der Waals surface area contributed by atoms with Crippen LogP contribution in [0.3, 0.4) is 0 Å². The zero-order chi connectivity index (χ0) is 13.9. The summed E-state index contributed by atoms with van der Waals surface area (Å²) in [5, 5.41) is 9.60. The first-order valence-corrected chi connectivity index (χ1v) is 7.63. The van der Waals surface area contributed by atoms with Crippen LogP contribution in [0.1, 0.15) is 42.7 Å². The van der Waals surface area contributed by atoms with Crippen molar-refractivity contribution in [1.82, 2.24) is 0 Å². The highest BCUT2D eigenvalue weighted by Gasteiger charge is 2.51. The largest absolute Gasteiger partial charge is 0.508 e. The number of fused-ring (bicyclic) bond motifs is 5. The fourth-order valence-electron chi connectivity index (χ4n) is 4.95. The average molecular weight is 274 g/mol. The minimum Gasteiger partial charge on any atom is -0.508 e. The van der Waals surface area contributed by atoms with Gasteiger partial charge >= 0.3 is 0 Å². The third kappa shape index (κ3) is 1.65. The zero-order valence-corrected chi connectivity index (χ0v) is 11.4. The van der Waals surface area contributed by atoms with E-state index in [0.717, 1.165) is 30.4 Å². The van der Waals surface area contributed by atoms with Gasteiger partial charge in [-0.05, 0) is 60.8 Å². The summed E-state index contributed by atoms with van der Waals surface area (Å²) in [5.41, 5.74) is 2.17. The van der Waals surface area contributed by atoms with Crippen LogP contribution in [-0.4, -0.2) is 17.1 Å². The number of hydrogen-bond donors (Lipinski definition) is 1. The maximum absolute atomic E-state index is 14.7. The molecule has 3 aliphatic rings. The normalized spacial score (nSPS) is 39.0. The van der Waals surface area contributed by atoms with E-state index in [2.05, 4.69) is 0 Å². The second-order valence-electron chi connectivity index (χ2n) is 6.64. The molecular formula is C17H19FO2. The van der Waals surface area contributed by atoms with E-state index in [0.29, 0.717) is 24.7 Å². The lowest BCUT2D eigenvalue weighted by atomic mass is 9.60. The molecule has 0 heterocycles. The molecule has 0 spiro atoms. The molecule has 4 rings (SSSR count). The first-order valence-electron chi connectivity index (χ1n) is 7.63. The smallest absolute Gasteiger partial charge is 0.136 e. The number of benzene rings is 1. The Bertz CT molecular complexity index is 568. The third-order valence-electron chi connectivity index (χ3n) is 5.77. The molecule has 3 heteroatoms. The van der Waals surface area contributed by atoms with Crippen LogP contribution in [0.25, 0.3) is 0 Å². The molecule has 0 bridgehead atoms. The molecule has 1 N–H and O–H groups in total. The number of carbonyl (C=O) groups is 1. The fourth-order valence-corrected chi connectivity index (χ4v) is 4.95. The number of phenols is 1. The van der Waals surface area contributed by atoms with Gasteiger partial charge in [0.05, 0.1) is 0 Å². The van der Waals surface area contributed by atoms with Gasteiger partial charge in [-0.2, -0.15) is 0 Å². The highest BCUT2D eigenvalue weighted by molar-refractivity contribution is 5.83. The molecule has 2 saturated carbocycles. The summed E-state index contributed by atoms with van der Waals surface area (Å²) in [7, 11) is 0. The Hall–Kier alpha value is -1.38. The second-order valence-corrected chi connectivity index (χ2v) is 6.64. The van der Waals surface area contributed by atoms with Crippen molar-refractivity contribution in [2.45, 2.75) is 44.2 Å². The van der Waals surface area contributed by atoms with E-state index >= 15 is 0 Å². The number of aryl methyl sites for hydroxylation is 1. The lowest BCUT2D eigenvalue weighted by Gasteiger charge is -2.45. The number of carbonyl (C=O) groups excluding carboxylic acids is 1. The minimum absolute atomic E-state index is 0.0232. The maximum atomic E-state index is 14.7. The lowest BCUT2D eigenvalue weighted by Crippen LogP contribution is -2.41. The Balaban J connectivity index is 1.75. The van der Waals surface area contributed by atoms with Gasteiger partial charge in [-0.3, -0.25) is 4.79 Å². The number of phenolic OH excluding ortho intramolecular Hbond substituents is 1. The van der Waals surface area contributed by atoms with E-state index in [4.69, 9.17) is 0 Å². The molecule has 20 heavy (non-hydrogen) atoms. The quantitative estimate of drug-likeness (QED) is 0.787. The van der Waals surface area contributed by atoms with Gasteiger partial charge in [0.2, 0.25) is 0 Å². The molecular weight excluding hydrogens is 255 g/mol. The van der Waals surface area contributed by atoms with Crippen LogP contribution in [0.2, 0.25) is 0 Å². The molecule has 0 aliphatic heterocycles. The maximum Gasteiger partial charge on any atom is 0.136 e. The van der Waals surface area contributed by atoms with Gasteiger partial charge < -0.3 is 5.11 Å². The second kappa shape index (κ2) is 4.31. The Labute approximate surface area is 118 Å². The van der Waals surface area contributed by atoms with Gasteiger partial charge in [0.1, 0.15) is 17.7 Å². The molecule has 2 nitrogen and oxygen atoms in total. The number of alkyl halides is 1. The molecule has 5 atom stereocenters. The van der Waals surface area contributed by atoms with Crippen LogP contribution in [0, 0.1) is 17.8 Å². The molecule has 1 aromatic carbocycles. The van der Waals surface area contributed by atoms with E-state index in [1.165, 1.54) is 0 Å². The molecule has 0 amide bonds. The van der Waals surface area contributed by atoms with Crippen molar-refractivity contribution >= 4 is 5.78 Å². The van der Waals surface area contributed by atoms with Crippen LogP contribution in [0.15, 0.2) is 18.2 Å². The summed E-state index contributed by atoms with van der Waals surface area (Å²) in [6.45, 7) is 0. The summed E-state index contributed by atoms with van der Waals surface area (Å²) in [4.78, 5) is 11.9. The molecule has 0 saturated heterocycles. The number of Topliss-reactive ketones (excluding diaryl/α,β-unsaturated/α-hetero) is 1. The van der Waals surface area contributed by atoms with Gasteiger partial charge in [0.25, 0.3) is 0 Å². The summed E-state index contributed by atoms with van der Waals surface area (Å²) < 4.78 is 14.7. The lowest BCUT2D eigenvalue weighted by molar-refractivity contribution is -0.123. The van der Waals surface area contributed by atoms with E-state index < -0.39 is 6.17 Å². The molecule has 106 valence electrons. The Morgan fingerprint density at radius 3 is 2.80 bits per heavy atom. The Morgan fingerprint density at radius 1 is 1.15 bits per heavy atom. The predicted octanol–water partition coefficient (Wildman–Crippen LogP) is 3.38. The summed E-state index contributed by atoms with van der Waals surface area (Å²) in [6.07, 6.45) is 2.95. The first-order chi connectivity index (χ1) is 9.65. The van der Waals surface area contributed by atoms with Gasteiger partial charge in [-0.25, -0.2) is 4.39 Å². The van der Waals surface area contributed by atoms with Gasteiger partial charge in [0.15, 0.2) is 0 Å². The SMILES string of the molecule is O=C1CCC2C1CC(F)C1c3ccc(O)cc3CC[C@@H]21. The van der Waals surface area contributed by atoms with Crippen LogP contribution >= 0.6 is 0 Å². The van der Waals surface area contributed by atoms with E-state index in [-0.39, 0.29) is 23.4 Å². The van der Waals surface area contributed by atoms with Crippen LogP contribution < -0.4 is 0 Å². The average Bonchev–Trinajstić information content (AvgIpc) is 2.80. The molecule has 0 radical (unpaired) electrons. The standard InChI is InChI=1S/C17H19FO2/c18-15-8-14-12(5-6-16(14)20)13-3-1-9-7-10(19)2-4-11(9)17(13)15/h2,4,7,12-15,17,19H,1,3,5-6,8H2/t12?,13-,14?,15?,17?/m0/s1. The van der Waals surface area contributed by atoms with E-state index in [1.807, 2.05) is 6.07 Å². The topological polar surface area (TPSA) is 37.3 Å². The number of aromatic hydroxyl groups is 1. The molecule has 1 aromatic rings. The van der Waals surface area contributed by atoms with Crippen LogP contribution in [0.4, 0.5) is 4.39 Å². The number of halogens is 1. The molecule has 3 aliphatic carbocycles. The molecule has 4 unspecified atom stereocenters. The van der Waals surface area contributed by atoms with Crippen molar-refractivity contribution in [2.75, 3.05) is 0 Å². The summed E-state index contributed by atoms with van der Waals surface area (Å²) >= 11 is 0. The van der Waals surface area contributed by atoms with Crippen molar-refractivity contribution in [2.24, 2.45) is 17.8 Å². The number of hydrogen-bond acceptors (Lipinski definition) is 2. The third-order valence-corrected chi connectivity index (χ3v) is 5.77. The highest BCUT2D eigenvalue weighted by Crippen LogP contribution is 2.55. The minimum atomic E-state index is -0.910. The Morgan fingerprint density at radius 2 is 1.95 bits per heavy atom. The zero-order valence-electron chi connectivity index (χ0n) is 11.4. The van der Waals surface area contributed by atoms with Crippen LogP contribution in [0.5, 0.6) is 5.75 Å². The van der Waals surface area contributed by atoms with Gasteiger partial charge in [-0.1, -0.05) is 6.07 Å². The van der Waals surface area contributed by atoms with Crippen molar-refractivity contribution in [3.8, 4) is 5.75 Å². The first kappa shape index (κ1) is 12.4. The van der Waals surface area contributed by atoms with E-state index in [9.17, 15) is 14.3 Å². The highest BCUT2D eigenvalue weighted by atomic mass is 19.1. The van der Waals surface area contributed by atoms with Crippen LogP contribution in [-0.2, 0) is 11.2 Å². The summed E-state index contributed by atoms with van der Waals surface area (Å²) in [6, 6.07) is 5.34. The molecule has 0 aromatic heterocycles. The number of ketones is 1. The predicted molar refractivity (Wildman–Crippen MR) is 73.4 cm³/mol. The number of rotatable bonds is 0. The fraction of sp³-hybridized carbons (Fsp3) is 0.588. The van der Waals surface area contributed by atoms with Crippen molar-refractivity contribution < 1.29 is 14.3 Å². The van der Waals surface area contributed by atoms with Crippen molar-refractivity contribution in [3.05, 3.63) is 29.3 Å². The van der Waals surface area contributed by atoms with Crippen molar-refractivity contribution in [3.63, 3.8) is 0 Å². The van der Waals surface area contributed by atoms with Gasteiger partial charge in [0, 0.05) is 18.3 Å². The summed E-state index contributed by atoms with van der Waals surface area (Å²) in [5.74, 6) is 1.17. The monoisotopic (exact) mass is 274 g/mol.